The molecule has 2 aromatic rings. The van der Waals surface area contributed by atoms with Gasteiger partial charge in [-0.05, 0) is 36.1 Å². The highest BCUT2D eigenvalue weighted by Crippen LogP contribution is 2.34. The van der Waals surface area contributed by atoms with Gasteiger partial charge in [-0.1, -0.05) is 41.9 Å². The normalized spacial score (nSPS) is 11.1. The minimum atomic E-state index is -0.127. The summed E-state index contributed by atoms with van der Waals surface area (Å²) in [5, 5.41) is 18.3. The molecule has 0 aliphatic heterocycles. The Morgan fingerprint density at radius 2 is 2.11 bits per heavy atom. The average Bonchev–Trinajstić information content (AvgIpc) is 2.80. The highest BCUT2D eigenvalue weighted by Gasteiger charge is 2.12. The van der Waals surface area contributed by atoms with Crippen LogP contribution in [-0.2, 0) is 6.61 Å². The number of hydrogen-bond acceptors (Lipinski definition) is 5. The first-order valence-corrected chi connectivity index (χ1v) is 7.12. The average molecular weight is 299 g/mol. The highest BCUT2D eigenvalue weighted by molar-refractivity contribution is 7.13. The van der Waals surface area contributed by atoms with Gasteiger partial charge in [0.25, 0.3) is 5.19 Å². The monoisotopic (exact) mass is 298 g/mol. The Labute approximate surface area is 121 Å². The Kier molecular flexibility index (Phi) is 4.39. The smallest absolute Gasteiger partial charge is 0.299 e. The van der Waals surface area contributed by atoms with Crippen molar-refractivity contribution in [2.75, 3.05) is 0 Å². The fraction of sp³-hybridized carbons (Fsp3) is 0.385. The molecule has 4 nitrogen and oxygen atoms in total. The zero-order chi connectivity index (χ0) is 14.0. The quantitative estimate of drug-likeness (QED) is 0.930. The zero-order valence-corrected chi connectivity index (χ0v) is 12.5. The minimum absolute atomic E-state index is 0.127. The minimum Gasteiger partial charge on any atom is -0.430 e. The summed E-state index contributed by atoms with van der Waals surface area (Å²) in [6, 6.07) is 3.82. The maximum absolute atomic E-state index is 8.96. The van der Waals surface area contributed by atoms with Crippen molar-refractivity contribution in [1.29, 1.82) is 0 Å². The molecule has 0 fully saturated rings. The van der Waals surface area contributed by atoms with Gasteiger partial charge in [0.1, 0.15) is 10.8 Å². The molecule has 0 amide bonds. The third-order valence-electron chi connectivity index (χ3n) is 2.70. The molecular formula is C13H15ClN2O2S. The third-order valence-corrected chi connectivity index (χ3v) is 3.81. The Hall–Kier alpha value is -1.17. The van der Waals surface area contributed by atoms with E-state index in [0.29, 0.717) is 21.9 Å². The maximum Gasteiger partial charge on any atom is 0.299 e. The van der Waals surface area contributed by atoms with Crippen LogP contribution in [0.4, 0.5) is 0 Å². The number of hydrogen-bond donors (Lipinski definition) is 1. The van der Waals surface area contributed by atoms with E-state index in [0.717, 1.165) is 16.1 Å². The van der Waals surface area contributed by atoms with E-state index in [1.807, 2.05) is 19.1 Å². The summed E-state index contributed by atoms with van der Waals surface area (Å²) in [4.78, 5) is 0. The Balaban J connectivity index is 2.31. The van der Waals surface area contributed by atoms with Crippen molar-refractivity contribution in [2.24, 2.45) is 0 Å². The summed E-state index contributed by atoms with van der Waals surface area (Å²) in [6.07, 6.45) is 0. The first-order valence-electron chi connectivity index (χ1n) is 5.92. The van der Waals surface area contributed by atoms with Crippen LogP contribution in [-0.4, -0.2) is 15.3 Å². The summed E-state index contributed by atoms with van der Waals surface area (Å²) in [6.45, 7) is 5.96. The molecule has 19 heavy (non-hydrogen) atoms. The SMILES string of the molecule is Cc1cc(Cl)c(C(C)C)cc1Oc1nnc(CO)s1. The van der Waals surface area contributed by atoms with Crippen LogP contribution in [0.2, 0.25) is 5.02 Å². The van der Waals surface area contributed by atoms with Crippen molar-refractivity contribution in [3.8, 4) is 10.9 Å². The van der Waals surface area contributed by atoms with Crippen molar-refractivity contribution in [3.63, 3.8) is 0 Å². The number of aliphatic hydroxyl groups excluding tert-OH is 1. The number of aryl methyl sites for hydroxylation is 1. The Bertz CT molecular complexity index is 584. The van der Waals surface area contributed by atoms with Crippen LogP contribution in [0.25, 0.3) is 0 Å². The second kappa shape index (κ2) is 5.86. The molecule has 0 aliphatic carbocycles. The van der Waals surface area contributed by atoms with E-state index in [1.54, 1.807) is 0 Å². The molecular weight excluding hydrogens is 284 g/mol. The summed E-state index contributed by atoms with van der Waals surface area (Å²) < 4.78 is 5.71. The van der Waals surface area contributed by atoms with Crippen molar-refractivity contribution < 1.29 is 9.84 Å². The Morgan fingerprint density at radius 3 is 2.68 bits per heavy atom. The highest BCUT2D eigenvalue weighted by atomic mass is 35.5. The summed E-state index contributed by atoms with van der Waals surface area (Å²) in [5.74, 6) is 1.03. The molecule has 0 saturated heterocycles. The lowest BCUT2D eigenvalue weighted by Gasteiger charge is -2.12. The van der Waals surface area contributed by atoms with Crippen molar-refractivity contribution >= 4 is 22.9 Å². The molecule has 1 aromatic heterocycles. The first-order chi connectivity index (χ1) is 9.01. The molecule has 1 aromatic carbocycles. The molecule has 0 bridgehead atoms. The second-order valence-electron chi connectivity index (χ2n) is 4.52. The van der Waals surface area contributed by atoms with Crippen LogP contribution in [0.1, 0.15) is 35.9 Å². The van der Waals surface area contributed by atoms with E-state index in [9.17, 15) is 0 Å². The summed E-state index contributed by atoms with van der Waals surface area (Å²) in [5.41, 5.74) is 1.98. The number of halogens is 1. The van der Waals surface area contributed by atoms with Gasteiger partial charge >= 0.3 is 0 Å². The molecule has 1 heterocycles. The van der Waals surface area contributed by atoms with Crippen molar-refractivity contribution in [1.82, 2.24) is 10.2 Å². The molecule has 102 valence electrons. The zero-order valence-electron chi connectivity index (χ0n) is 11.0. The van der Waals surface area contributed by atoms with Gasteiger partial charge in [0.15, 0.2) is 0 Å². The van der Waals surface area contributed by atoms with Gasteiger partial charge in [-0.15, -0.1) is 5.10 Å². The molecule has 1 N–H and O–H groups in total. The second-order valence-corrected chi connectivity index (χ2v) is 5.95. The number of benzene rings is 1. The third kappa shape index (κ3) is 3.23. The van der Waals surface area contributed by atoms with E-state index in [1.165, 1.54) is 11.3 Å². The predicted molar refractivity (Wildman–Crippen MR) is 76.2 cm³/mol. The van der Waals surface area contributed by atoms with Crippen molar-refractivity contribution in [3.05, 3.63) is 33.3 Å². The van der Waals surface area contributed by atoms with E-state index in [2.05, 4.69) is 24.0 Å². The van der Waals surface area contributed by atoms with Gasteiger partial charge in [0.05, 0.1) is 6.61 Å². The standard InChI is InChI=1S/C13H15ClN2O2S/c1-7(2)9-5-11(8(3)4-10(9)14)18-13-16-15-12(6-17)19-13/h4-5,7,17H,6H2,1-3H3. The summed E-state index contributed by atoms with van der Waals surface area (Å²) in [7, 11) is 0. The number of aromatic nitrogens is 2. The molecule has 0 aliphatic rings. The van der Waals surface area contributed by atoms with Gasteiger partial charge < -0.3 is 9.84 Å². The van der Waals surface area contributed by atoms with Crippen LogP contribution < -0.4 is 4.74 Å². The van der Waals surface area contributed by atoms with Crippen LogP contribution in [0.15, 0.2) is 12.1 Å². The van der Waals surface area contributed by atoms with Gasteiger partial charge in [-0.25, -0.2) is 0 Å². The molecule has 6 heteroatoms. The predicted octanol–water partition coefficient (Wildman–Crippen LogP) is 3.91. The molecule has 0 saturated carbocycles. The molecule has 0 radical (unpaired) electrons. The maximum atomic E-state index is 8.96. The largest absolute Gasteiger partial charge is 0.430 e. The lowest BCUT2D eigenvalue weighted by molar-refractivity contribution is 0.280. The molecule has 0 atom stereocenters. The number of aliphatic hydroxyl groups is 1. The first kappa shape index (κ1) is 14.2. The lowest BCUT2D eigenvalue weighted by Crippen LogP contribution is -1.94. The Morgan fingerprint density at radius 1 is 1.37 bits per heavy atom. The van der Waals surface area contributed by atoms with Gasteiger partial charge in [-0.3, -0.25) is 0 Å². The van der Waals surface area contributed by atoms with E-state index < -0.39 is 0 Å². The van der Waals surface area contributed by atoms with Crippen molar-refractivity contribution in [2.45, 2.75) is 33.3 Å². The number of nitrogens with zero attached hydrogens (tertiary/aromatic N) is 2. The van der Waals surface area contributed by atoms with Crippen LogP contribution in [0.3, 0.4) is 0 Å². The van der Waals surface area contributed by atoms with Crippen LogP contribution >= 0.6 is 22.9 Å². The number of rotatable bonds is 4. The molecule has 0 spiro atoms. The van der Waals surface area contributed by atoms with Crippen LogP contribution in [0.5, 0.6) is 10.9 Å². The van der Waals surface area contributed by atoms with E-state index in [4.69, 9.17) is 21.4 Å². The molecule has 0 unspecified atom stereocenters. The lowest BCUT2D eigenvalue weighted by atomic mass is 10.0. The van der Waals surface area contributed by atoms with Gasteiger partial charge in [-0.2, -0.15) is 0 Å². The molecule has 2 rings (SSSR count). The van der Waals surface area contributed by atoms with E-state index >= 15 is 0 Å². The van der Waals surface area contributed by atoms with Crippen LogP contribution in [0, 0.1) is 6.92 Å². The van der Waals surface area contributed by atoms with E-state index in [-0.39, 0.29) is 6.61 Å². The van der Waals surface area contributed by atoms with Gasteiger partial charge in [0, 0.05) is 5.02 Å². The fourth-order valence-corrected chi connectivity index (χ4v) is 2.66. The number of ether oxygens (including phenoxy) is 1. The summed E-state index contributed by atoms with van der Waals surface area (Å²) >= 11 is 7.44. The topological polar surface area (TPSA) is 55.2 Å². The fourth-order valence-electron chi connectivity index (χ4n) is 1.66. The van der Waals surface area contributed by atoms with Gasteiger partial charge in [0.2, 0.25) is 0 Å².